The van der Waals surface area contributed by atoms with Crippen molar-refractivity contribution in [2.45, 2.75) is 52.1 Å². The molecule has 35 heavy (non-hydrogen) atoms. The van der Waals surface area contributed by atoms with Gasteiger partial charge in [0.1, 0.15) is 11.4 Å². The molecule has 3 aromatic heterocycles. The average Bonchev–Trinajstić information content (AvgIpc) is 3.27. The molecule has 0 unspecified atom stereocenters. The number of nitrogen functional groups attached to an aromatic ring is 1. The molecule has 7 nitrogen and oxygen atoms in total. The van der Waals surface area contributed by atoms with E-state index in [0.717, 1.165) is 42.7 Å². The Hall–Kier alpha value is -2.81. The smallest absolute Gasteiger partial charge is 0.180 e. The van der Waals surface area contributed by atoms with Gasteiger partial charge in [0.25, 0.3) is 0 Å². The molecule has 1 aromatic carbocycles. The van der Waals surface area contributed by atoms with Gasteiger partial charge in [-0.1, -0.05) is 37.0 Å². The largest absolute Gasteiger partial charge is 0.490 e. The normalized spacial score (nSPS) is 11.2. The molecule has 0 spiro atoms. The Balaban J connectivity index is 1.67. The highest BCUT2D eigenvalue weighted by Gasteiger charge is 2.18. The van der Waals surface area contributed by atoms with E-state index in [1.807, 2.05) is 12.3 Å². The van der Waals surface area contributed by atoms with Crippen LogP contribution in [0.3, 0.4) is 0 Å². The molecule has 0 amide bonds. The molecule has 4 rings (SSSR count). The Morgan fingerprint density at radius 3 is 2.34 bits per heavy atom. The topological polar surface area (TPSA) is 99.7 Å². The van der Waals surface area contributed by atoms with Crippen LogP contribution in [0.25, 0.3) is 22.8 Å². The van der Waals surface area contributed by atoms with Gasteiger partial charge in [-0.2, -0.15) is 0 Å². The predicted molar refractivity (Wildman–Crippen MR) is 142 cm³/mol. The molecule has 0 aliphatic rings. The van der Waals surface area contributed by atoms with E-state index in [4.69, 9.17) is 43.6 Å². The van der Waals surface area contributed by atoms with Gasteiger partial charge in [0.15, 0.2) is 11.0 Å². The second kappa shape index (κ2) is 11.7. The monoisotopic (exact) mass is 528 g/mol. The molecule has 0 bridgehead atoms. The average molecular weight is 529 g/mol. The van der Waals surface area contributed by atoms with Crippen molar-refractivity contribution in [3.05, 3.63) is 63.6 Å². The SMILES string of the molecule is CCC(CC)Oc1cc(Cl)c(-c2cc(CCCc3cnc(N)s3)nc(-c3cnccn3)n2)c(Cl)c1. The van der Waals surface area contributed by atoms with Gasteiger partial charge >= 0.3 is 0 Å². The molecule has 0 saturated heterocycles. The first-order chi connectivity index (χ1) is 17.0. The number of nitrogens with two attached hydrogens (primary N) is 1. The fraction of sp³-hybridized carbons (Fsp3) is 0.320. The van der Waals surface area contributed by atoms with Gasteiger partial charge in [0, 0.05) is 34.7 Å². The van der Waals surface area contributed by atoms with Crippen LogP contribution in [0.2, 0.25) is 10.0 Å². The van der Waals surface area contributed by atoms with Crippen molar-refractivity contribution in [3.8, 4) is 28.5 Å². The summed E-state index contributed by atoms with van der Waals surface area (Å²) >= 11 is 14.9. The fourth-order valence-corrected chi connectivity index (χ4v) is 5.06. The predicted octanol–water partition coefficient (Wildman–Crippen LogP) is 6.69. The van der Waals surface area contributed by atoms with Crippen LogP contribution in [0, 0.1) is 0 Å². The van der Waals surface area contributed by atoms with E-state index in [1.54, 1.807) is 30.7 Å². The van der Waals surface area contributed by atoms with Gasteiger partial charge in [0.05, 0.1) is 28.0 Å². The zero-order chi connectivity index (χ0) is 24.8. The van der Waals surface area contributed by atoms with Gasteiger partial charge < -0.3 is 10.5 Å². The highest BCUT2D eigenvalue weighted by atomic mass is 35.5. The number of aromatic nitrogens is 5. The number of benzene rings is 1. The molecule has 10 heteroatoms. The zero-order valence-electron chi connectivity index (χ0n) is 19.5. The molecule has 0 aliphatic carbocycles. The maximum atomic E-state index is 6.71. The number of thiazole rings is 1. The molecule has 0 atom stereocenters. The maximum Gasteiger partial charge on any atom is 0.180 e. The molecule has 3 heterocycles. The summed E-state index contributed by atoms with van der Waals surface area (Å²) in [6.07, 6.45) is 11.1. The number of aryl methyl sites for hydroxylation is 2. The van der Waals surface area contributed by atoms with Gasteiger partial charge in [0.2, 0.25) is 0 Å². The maximum absolute atomic E-state index is 6.71. The highest BCUT2D eigenvalue weighted by molar-refractivity contribution is 7.15. The van der Waals surface area contributed by atoms with Crippen LogP contribution in [0.1, 0.15) is 43.7 Å². The minimum atomic E-state index is 0.107. The van der Waals surface area contributed by atoms with Crippen molar-refractivity contribution < 1.29 is 4.74 Å². The lowest BCUT2D eigenvalue weighted by Crippen LogP contribution is -2.13. The fourth-order valence-electron chi connectivity index (χ4n) is 3.68. The van der Waals surface area contributed by atoms with Gasteiger partial charge in [-0.25, -0.2) is 19.9 Å². The Bertz CT molecular complexity index is 1260. The zero-order valence-corrected chi connectivity index (χ0v) is 21.9. The van der Waals surface area contributed by atoms with Crippen LogP contribution in [0.15, 0.2) is 43.0 Å². The standard InChI is InChI=1S/C25H26Cl2N6OS/c1-3-16(4-2)34-17-11-19(26)23(20(27)12-17)21-10-15(6-5-7-18-13-31-25(28)35-18)32-24(33-21)22-14-29-8-9-30-22/h8-14,16H,3-7H2,1-2H3,(H2,28,31). The summed E-state index contributed by atoms with van der Waals surface area (Å²) in [6, 6.07) is 5.51. The lowest BCUT2D eigenvalue weighted by molar-refractivity contribution is 0.193. The third kappa shape index (κ3) is 6.45. The van der Waals surface area contributed by atoms with Crippen LogP contribution in [0.4, 0.5) is 5.13 Å². The van der Waals surface area contributed by atoms with E-state index in [2.05, 4.69) is 28.8 Å². The summed E-state index contributed by atoms with van der Waals surface area (Å²) in [5.41, 5.74) is 8.45. The summed E-state index contributed by atoms with van der Waals surface area (Å²) in [6.45, 7) is 4.18. The number of hydrogen-bond donors (Lipinski definition) is 1. The minimum absolute atomic E-state index is 0.107. The summed E-state index contributed by atoms with van der Waals surface area (Å²) in [7, 11) is 0. The first-order valence-corrected chi connectivity index (χ1v) is 13.0. The Labute approximate surface area is 218 Å². The molecule has 4 aromatic rings. The molecule has 0 radical (unpaired) electrons. The van der Waals surface area contributed by atoms with Crippen molar-refractivity contribution in [1.29, 1.82) is 0 Å². The van der Waals surface area contributed by atoms with Gasteiger partial charge in [-0.05, 0) is 50.3 Å². The number of nitrogens with zero attached hydrogens (tertiary/aromatic N) is 5. The molecular formula is C25H26Cl2N6OS. The second-order valence-corrected chi connectivity index (χ2v) is 9.96. The Kier molecular flexibility index (Phi) is 8.49. The summed E-state index contributed by atoms with van der Waals surface area (Å²) < 4.78 is 6.05. The van der Waals surface area contributed by atoms with E-state index in [1.165, 1.54) is 11.3 Å². The number of rotatable bonds is 10. The van der Waals surface area contributed by atoms with E-state index >= 15 is 0 Å². The Morgan fingerprint density at radius 1 is 0.943 bits per heavy atom. The Morgan fingerprint density at radius 2 is 1.71 bits per heavy atom. The van der Waals surface area contributed by atoms with Crippen LogP contribution in [0.5, 0.6) is 5.75 Å². The molecule has 0 aliphatic heterocycles. The molecule has 0 saturated carbocycles. The number of anilines is 1. The lowest BCUT2D eigenvalue weighted by atomic mass is 10.1. The first kappa shape index (κ1) is 25.3. The van der Waals surface area contributed by atoms with Crippen molar-refractivity contribution in [1.82, 2.24) is 24.9 Å². The molecular weight excluding hydrogens is 503 g/mol. The molecule has 0 fully saturated rings. The lowest BCUT2D eigenvalue weighted by Gasteiger charge is -2.17. The van der Waals surface area contributed by atoms with E-state index in [-0.39, 0.29) is 6.10 Å². The number of ether oxygens (including phenoxy) is 1. The van der Waals surface area contributed by atoms with Gasteiger partial charge in [-0.3, -0.25) is 4.98 Å². The van der Waals surface area contributed by atoms with Crippen molar-refractivity contribution in [3.63, 3.8) is 0 Å². The van der Waals surface area contributed by atoms with Crippen molar-refractivity contribution in [2.75, 3.05) is 5.73 Å². The van der Waals surface area contributed by atoms with Crippen molar-refractivity contribution >= 4 is 39.7 Å². The van der Waals surface area contributed by atoms with Gasteiger partial charge in [-0.15, -0.1) is 11.3 Å². The van der Waals surface area contributed by atoms with Crippen LogP contribution in [-0.4, -0.2) is 31.0 Å². The highest BCUT2D eigenvalue weighted by Crippen LogP contribution is 2.38. The second-order valence-electron chi connectivity index (χ2n) is 8.00. The van der Waals surface area contributed by atoms with E-state index in [9.17, 15) is 0 Å². The van der Waals surface area contributed by atoms with Crippen LogP contribution < -0.4 is 10.5 Å². The quantitative estimate of drug-likeness (QED) is 0.244. The van der Waals surface area contributed by atoms with E-state index < -0.39 is 0 Å². The third-order valence-corrected chi connectivity index (χ3v) is 6.97. The summed E-state index contributed by atoms with van der Waals surface area (Å²) in [5, 5.41) is 1.51. The number of hydrogen-bond acceptors (Lipinski definition) is 8. The summed E-state index contributed by atoms with van der Waals surface area (Å²) in [4.78, 5) is 23.3. The summed E-state index contributed by atoms with van der Waals surface area (Å²) in [5.74, 6) is 1.11. The number of halogens is 2. The van der Waals surface area contributed by atoms with Crippen LogP contribution >= 0.6 is 34.5 Å². The third-order valence-electron chi connectivity index (χ3n) is 5.48. The van der Waals surface area contributed by atoms with E-state index in [0.29, 0.717) is 43.7 Å². The minimum Gasteiger partial charge on any atom is -0.490 e. The van der Waals surface area contributed by atoms with Crippen molar-refractivity contribution in [2.24, 2.45) is 0 Å². The molecule has 182 valence electrons. The molecule has 2 N–H and O–H groups in total. The van der Waals surface area contributed by atoms with Crippen LogP contribution in [-0.2, 0) is 12.8 Å². The first-order valence-electron chi connectivity index (χ1n) is 11.5.